The van der Waals surface area contributed by atoms with Gasteiger partial charge in [-0.25, -0.2) is 0 Å². The van der Waals surface area contributed by atoms with E-state index >= 15 is 0 Å². The number of hydrogen-bond acceptors (Lipinski definition) is 3. The SMILES string of the molecule is CC1CN(C(=O)c2ccc(O)cc2)CC(C)O1. The standard InChI is InChI=1S/C13H17NO3/c1-9-7-14(8-10(2)17-9)13(16)11-3-5-12(15)6-4-11/h3-6,9-10,15H,7-8H2,1-2H3. The van der Waals surface area contributed by atoms with Crippen LogP contribution in [0.1, 0.15) is 24.2 Å². The average Bonchev–Trinajstić information content (AvgIpc) is 2.28. The van der Waals surface area contributed by atoms with Crippen LogP contribution >= 0.6 is 0 Å². The van der Waals surface area contributed by atoms with Gasteiger partial charge in [0.2, 0.25) is 0 Å². The molecule has 1 aliphatic rings. The van der Waals surface area contributed by atoms with Gasteiger partial charge in [-0.05, 0) is 38.1 Å². The maximum absolute atomic E-state index is 12.2. The van der Waals surface area contributed by atoms with E-state index in [1.165, 1.54) is 12.1 Å². The number of carbonyl (C=O) groups is 1. The first-order valence-corrected chi connectivity index (χ1v) is 5.80. The van der Waals surface area contributed by atoms with Crippen LogP contribution < -0.4 is 0 Å². The molecule has 2 unspecified atom stereocenters. The largest absolute Gasteiger partial charge is 0.508 e. The summed E-state index contributed by atoms with van der Waals surface area (Å²) in [5, 5.41) is 9.19. The van der Waals surface area contributed by atoms with Crippen molar-refractivity contribution >= 4 is 5.91 Å². The van der Waals surface area contributed by atoms with E-state index in [4.69, 9.17) is 4.74 Å². The number of aromatic hydroxyl groups is 1. The van der Waals surface area contributed by atoms with Crippen LogP contribution in [0.25, 0.3) is 0 Å². The van der Waals surface area contributed by atoms with Gasteiger partial charge < -0.3 is 14.7 Å². The second-order valence-corrected chi connectivity index (χ2v) is 4.51. The fraction of sp³-hybridized carbons (Fsp3) is 0.462. The summed E-state index contributed by atoms with van der Waals surface area (Å²) >= 11 is 0. The predicted molar refractivity (Wildman–Crippen MR) is 64.0 cm³/mol. The van der Waals surface area contributed by atoms with Crippen molar-refractivity contribution in [3.8, 4) is 5.75 Å². The third-order valence-electron chi connectivity index (χ3n) is 2.82. The number of hydrogen-bond donors (Lipinski definition) is 1. The molecule has 0 saturated carbocycles. The Hall–Kier alpha value is -1.55. The molecule has 1 aromatic rings. The van der Waals surface area contributed by atoms with Crippen LogP contribution in [0.5, 0.6) is 5.75 Å². The summed E-state index contributed by atoms with van der Waals surface area (Å²) in [7, 11) is 0. The Balaban J connectivity index is 2.11. The summed E-state index contributed by atoms with van der Waals surface area (Å²) in [5.74, 6) is 0.164. The molecule has 0 radical (unpaired) electrons. The number of nitrogens with zero attached hydrogens (tertiary/aromatic N) is 1. The van der Waals surface area contributed by atoms with Crippen LogP contribution in [-0.4, -0.2) is 41.2 Å². The van der Waals surface area contributed by atoms with Crippen LogP contribution in [0.15, 0.2) is 24.3 Å². The molecule has 92 valence electrons. The lowest BCUT2D eigenvalue weighted by molar-refractivity contribution is -0.0586. The number of rotatable bonds is 1. The third kappa shape index (κ3) is 2.77. The van der Waals surface area contributed by atoms with Crippen molar-refractivity contribution in [3.05, 3.63) is 29.8 Å². The number of phenolic OH excluding ortho intramolecular Hbond substituents is 1. The van der Waals surface area contributed by atoms with Gasteiger partial charge in [-0.15, -0.1) is 0 Å². The van der Waals surface area contributed by atoms with Gasteiger partial charge in [-0.2, -0.15) is 0 Å². The highest BCUT2D eigenvalue weighted by Crippen LogP contribution is 2.16. The number of morpholine rings is 1. The van der Waals surface area contributed by atoms with E-state index in [9.17, 15) is 9.90 Å². The Bertz CT molecular complexity index is 392. The van der Waals surface area contributed by atoms with Crippen LogP contribution in [0.3, 0.4) is 0 Å². The van der Waals surface area contributed by atoms with Crippen LogP contribution in [0.2, 0.25) is 0 Å². The Morgan fingerprint density at radius 3 is 2.29 bits per heavy atom. The summed E-state index contributed by atoms with van der Waals surface area (Å²) in [6, 6.07) is 6.34. The molecule has 1 amide bonds. The van der Waals surface area contributed by atoms with Gasteiger partial charge in [0.15, 0.2) is 0 Å². The van der Waals surface area contributed by atoms with E-state index in [0.29, 0.717) is 18.7 Å². The minimum Gasteiger partial charge on any atom is -0.508 e. The summed E-state index contributed by atoms with van der Waals surface area (Å²) in [5.41, 5.74) is 0.601. The molecular weight excluding hydrogens is 218 g/mol. The molecule has 1 aromatic carbocycles. The fourth-order valence-electron chi connectivity index (χ4n) is 2.13. The smallest absolute Gasteiger partial charge is 0.254 e. The first-order chi connectivity index (χ1) is 8.06. The lowest BCUT2D eigenvalue weighted by atomic mass is 10.1. The molecular formula is C13H17NO3. The minimum absolute atomic E-state index is 0.00741. The highest BCUT2D eigenvalue weighted by atomic mass is 16.5. The summed E-state index contributed by atoms with van der Waals surface area (Å²) in [4.78, 5) is 14.0. The number of benzene rings is 1. The molecule has 2 atom stereocenters. The first-order valence-electron chi connectivity index (χ1n) is 5.80. The van der Waals surface area contributed by atoms with Crippen molar-refractivity contribution in [1.29, 1.82) is 0 Å². The molecule has 1 fully saturated rings. The van der Waals surface area contributed by atoms with Gasteiger partial charge >= 0.3 is 0 Å². The Kier molecular flexibility index (Phi) is 3.33. The minimum atomic E-state index is -0.00741. The van der Waals surface area contributed by atoms with Gasteiger partial charge in [-0.1, -0.05) is 0 Å². The first kappa shape index (κ1) is 11.9. The Morgan fingerprint density at radius 2 is 1.76 bits per heavy atom. The van der Waals surface area contributed by atoms with Gasteiger partial charge in [-0.3, -0.25) is 4.79 Å². The topological polar surface area (TPSA) is 49.8 Å². The zero-order chi connectivity index (χ0) is 12.4. The maximum Gasteiger partial charge on any atom is 0.254 e. The van der Waals surface area contributed by atoms with Crippen LogP contribution in [0.4, 0.5) is 0 Å². The number of ether oxygens (including phenoxy) is 1. The molecule has 0 aliphatic carbocycles. The predicted octanol–water partition coefficient (Wildman–Crippen LogP) is 1.64. The molecule has 4 nitrogen and oxygen atoms in total. The van der Waals surface area contributed by atoms with Crippen molar-refractivity contribution in [2.24, 2.45) is 0 Å². The number of amides is 1. The van der Waals surface area contributed by atoms with Crippen molar-refractivity contribution in [2.45, 2.75) is 26.1 Å². The van der Waals surface area contributed by atoms with E-state index in [-0.39, 0.29) is 23.9 Å². The van der Waals surface area contributed by atoms with Crippen molar-refractivity contribution in [1.82, 2.24) is 4.90 Å². The Morgan fingerprint density at radius 1 is 1.24 bits per heavy atom. The lowest BCUT2D eigenvalue weighted by Crippen LogP contribution is -2.48. The quantitative estimate of drug-likeness (QED) is 0.805. The van der Waals surface area contributed by atoms with Crippen LogP contribution in [0, 0.1) is 0 Å². The molecule has 1 saturated heterocycles. The lowest BCUT2D eigenvalue weighted by Gasteiger charge is -2.35. The Labute approximate surface area is 101 Å². The fourth-order valence-corrected chi connectivity index (χ4v) is 2.13. The van der Waals surface area contributed by atoms with Crippen molar-refractivity contribution in [3.63, 3.8) is 0 Å². The molecule has 1 aliphatic heterocycles. The molecule has 1 N–H and O–H groups in total. The molecule has 0 spiro atoms. The second kappa shape index (κ2) is 4.75. The summed E-state index contributed by atoms with van der Waals surface area (Å²) in [6.45, 7) is 5.16. The highest BCUT2D eigenvalue weighted by Gasteiger charge is 2.26. The zero-order valence-electron chi connectivity index (χ0n) is 10.1. The number of carbonyl (C=O) groups excluding carboxylic acids is 1. The van der Waals surface area contributed by atoms with Crippen molar-refractivity contribution < 1.29 is 14.6 Å². The third-order valence-corrected chi connectivity index (χ3v) is 2.82. The van der Waals surface area contributed by atoms with E-state index in [1.54, 1.807) is 17.0 Å². The normalized spacial score (nSPS) is 24.7. The monoisotopic (exact) mass is 235 g/mol. The molecule has 1 heterocycles. The molecule has 2 rings (SSSR count). The van der Waals surface area contributed by atoms with Gasteiger partial charge in [0.1, 0.15) is 5.75 Å². The molecule has 17 heavy (non-hydrogen) atoms. The van der Waals surface area contributed by atoms with E-state index in [0.717, 1.165) is 0 Å². The summed E-state index contributed by atoms with van der Waals surface area (Å²) < 4.78 is 5.59. The van der Waals surface area contributed by atoms with Gasteiger partial charge in [0.05, 0.1) is 12.2 Å². The summed E-state index contributed by atoms with van der Waals surface area (Å²) in [6.07, 6.45) is 0.139. The molecule has 0 aromatic heterocycles. The zero-order valence-corrected chi connectivity index (χ0v) is 10.1. The second-order valence-electron chi connectivity index (χ2n) is 4.51. The molecule has 4 heteroatoms. The number of phenols is 1. The molecule has 0 bridgehead atoms. The van der Waals surface area contributed by atoms with E-state index < -0.39 is 0 Å². The van der Waals surface area contributed by atoms with E-state index in [2.05, 4.69) is 0 Å². The maximum atomic E-state index is 12.2. The average molecular weight is 235 g/mol. The van der Waals surface area contributed by atoms with Crippen LogP contribution in [-0.2, 0) is 4.74 Å². The van der Waals surface area contributed by atoms with Gasteiger partial charge in [0.25, 0.3) is 5.91 Å². The van der Waals surface area contributed by atoms with Crippen molar-refractivity contribution in [2.75, 3.05) is 13.1 Å². The van der Waals surface area contributed by atoms with E-state index in [1.807, 2.05) is 13.8 Å². The highest BCUT2D eigenvalue weighted by molar-refractivity contribution is 5.94. The van der Waals surface area contributed by atoms with Gasteiger partial charge in [0, 0.05) is 18.7 Å².